The average Bonchev–Trinajstić information content (AvgIpc) is 3.11. The zero-order valence-electron chi connectivity index (χ0n) is 31.5. The summed E-state index contributed by atoms with van der Waals surface area (Å²) in [6.07, 6.45) is 24.7. The van der Waals surface area contributed by atoms with E-state index in [1.165, 1.54) is 53.5 Å². The third-order valence-corrected chi connectivity index (χ3v) is 7.10. The van der Waals surface area contributed by atoms with Crippen molar-refractivity contribution < 1.29 is 0 Å². The van der Waals surface area contributed by atoms with E-state index in [1.54, 1.807) is 12.2 Å². The summed E-state index contributed by atoms with van der Waals surface area (Å²) in [7, 11) is 0. The number of benzene rings is 2. The lowest BCUT2D eigenvalue weighted by Crippen LogP contribution is -1.94. The molecular weight excluding hydrogens is 540 g/mol. The number of hydrogen-bond acceptors (Lipinski definition) is 0. The van der Waals surface area contributed by atoms with Gasteiger partial charge in [-0.05, 0) is 87.0 Å². The normalized spacial score (nSPS) is 13.2. The van der Waals surface area contributed by atoms with Crippen molar-refractivity contribution in [3.63, 3.8) is 0 Å². The predicted molar refractivity (Wildman–Crippen MR) is 212 cm³/mol. The van der Waals surface area contributed by atoms with E-state index in [2.05, 4.69) is 153 Å². The van der Waals surface area contributed by atoms with Crippen LogP contribution in [0.2, 0.25) is 0 Å². The Morgan fingerprint density at radius 3 is 1.78 bits per heavy atom. The van der Waals surface area contributed by atoms with Crippen LogP contribution < -0.4 is 0 Å². The molecule has 0 N–H and O–H groups in total. The van der Waals surface area contributed by atoms with Crippen LogP contribution in [0.5, 0.6) is 0 Å². The highest BCUT2D eigenvalue weighted by molar-refractivity contribution is 5.63. The van der Waals surface area contributed by atoms with E-state index in [9.17, 15) is 0 Å². The molecule has 0 saturated heterocycles. The molecule has 0 bridgehead atoms. The minimum absolute atomic E-state index is 0.657. The lowest BCUT2D eigenvalue weighted by molar-refractivity contribution is 0.667. The van der Waals surface area contributed by atoms with Crippen molar-refractivity contribution >= 4 is 0 Å². The largest absolute Gasteiger partial charge is 0.0991 e. The van der Waals surface area contributed by atoms with Gasteiger partial charge in [-0.2, -0.15) is 0 Å². The standard InChI is InChI=1S/C16H18.C11H20.2C7H10.2C2H6/c1-3-13(2)14-9-11-16(12-10-14)15-7-5-4-6-8-15;1-5-8-11(9-6-2)10(4)7-3;1-7-5-3-2-4-6-7;1-4-6-7(3)5-2;2*1-2/h4-13H,3H2,1-2H3;5,8-10H,6-7H2,1-4H3;2-3,5H,4,6H2,1H3;4-6H,1-2H2,3H3;2*1-2H3/b;8-5-,11-9+;;7-6-;;/t13-;;;;;/m1...../s1. The van der Waals surface area contributed by atoms with Gasteiger partial charge < -0.3 is 0 Å². The van der Waals surface area contributed by atoms with Crippen LogP contribution in [0.15, 0.2) is 139 Å². The molecule has 1 aliphatic rings. The topological polar surface area (TPSA) is 0 Å². The molecule has 0 aliphatic heterocycles. The molecule has 0 amide bonds. The van der Waals surface area contributed by atoms with Crippen molar-refractivity contribution in [3.05, 3.63) is 145 Å². The third-order valence-electron chi connectivity index (χ3n) is 7.10. The molecule has 3 rings (SSSR count). The van der Waals surface area contributed by atoms with Crippen LogP contribution in [0.25, 0.3) is 11.1 Å². The minimum Gasteiger partial charge on any atom is -0.0991 e. The van der Waals surface area contributed by atoms with E-state index in [4.69, 9.17) is 0 Å². The van der Waals surface area contributed by atoms with Crippen molar-refractivity contribution in [2.75, 3.05) is 0 Å². The van der Waals surface area contributed by atoms with Crippen LogP contribution in [0.4, 0.5) is 0 Å². The maximum absolute atomic E-state index is 3.56. The first kappa shape index (κ1) is 46.0. The summed E-state index contributed by atoms with van der Waals surface area (Å²) in [5.74, 6) is 1.37. The molecule has 2 aromatic rings. The molecular formula is C45H70. The number of rotatable bonds is 9. The molecule has 0 spiro atoms. The molecule has 0 radical (unpaired) electrons. The van der Waals surface area contributed by atoms with Crippen LogP contribution in [0.3, 0.4) is 0 Å². The Kier molecular flexibility index (Phi) is 34.3. The zero-order valence-corrected chi connectivity index (χ0v) is 31.5. The summed E-state index contributed by atoms with van der Waals surface area (Å²) >= 11 is 0. The van der Waals surface area contributed by atoms with E-state index in [0.717, 1.165) is 12.0 Å². The first-order chi connectivity index (χ1) is 21.8. The summed E-state index contributed by atoms with van der Waals surface area (Å²) < 4.78 is 0. The lowest BCUT2D eigenvalue weighted by Gasteiger charge is -2.09. The Bertz CT molecular complexity index is 1100. The number of hydrogen-bond donors (Lipinski definition) is 0. The van der Waals surface area contributed by atoms with Gasteiger partial charge in [-0.25, -0.2) is 0 Å². The first-order valence-electron chi connectivity index (χ1n) is 17.5. The van der Waals surface area contributed by atoms with Gasteiger partial charge >= 0.3 is 0 Å². The Morgan fingerprint density at radius 2 is 1.42 bits per heavy atom. The van der Waals surface area contributed by atoms with Gasteiger partial charge in [0.2, 0.25) is 0 Å². The van der Waals surface area contributed by atoms with Gasteiger partial charge in [-0.1, -0.05) is 196 Å². The fraction of sp³-hybridized carbons (Fsp3) is 0.422. The molecule has 1 aliphatic carbocycles. The highest BCUT2D eigenvalue weighted by atomic mass is 14.1. The molecule has 1 unspecified atom stereocenters. The summed E-state index contributed by atoms with van der Waals surface area (Å²) in [6, 6.07) is 19.4. The van der Waals surface area contributed by atoms with Crippen LogP contribution in [0, 0.1) is 5.92 Å². The maximum atomic E-state index is 3.56. The van der Waals surface area contributed by atoms with Gasteiger partial charge in [0.1, 0.15) is 0 Å². The van der Waals surface area contributed by atoms with Crippen LogP contribution in [-0.2, 0) is 0 Å². The molecule has 0 fully saturated rings. The summed E-state index contributed by atoms with van der Waals surface area (Å²) in [6.45, 7) is 32.5. The second-order valence-electron chi connectivity index (χ2n) is 10.5. The number of allylic oxidation sites excluding steroid dienone is 12. The first-order valence-corrected chi connectivity index (χ1v) is 17.5. The molecule has 2 aromatic carbocycles. The fourth-order valence-corrected chi connectivity index (χ4v) is 3.94. The average molecular weight is 611 g/mol. The van der Waals surface area contributed by atoms with Gasteiger partial charge in [0.25, 0.3) is 0 Å². The van der Waals surface area contributed by atoms with E-state index < -0.39 is 0 Å². The Balaban J connectivity index is -0.000000533. The van der Waals surface area contributed by atoms with Crippen molar-refractivity contribution in [1.82, 2.24) is 0 Å². The Hall–Kier alpha value is -3.38. The van der Waals surface area contributed by atoms with Gasteiger partial charge in [0.15, 0.2) is 0 Å². The van der Waals surface area contributed by atoms with Crippen LogP contribution in [-0.4, -0.2) is 0 Å². The summed E-state index contributed by atoms with van der Waals surface area (Å²) in [4.78, 5) is 0. The predicted octanol–water partition coefficient (Wildman–Crippen LogP) is 15.5. The second kappa shape index (κ2) is 33.5. The van der Waals surface area contributed by atoms with E-state index >= 15 is 0 Å². The fourth-order valence-electron chi connectivity index (χ4n) is 3.94. The smallest absolute Gasteiger partial charge is 0.0184 e. The van der Waals surface area contributed by atoms with Crippen molar-refractivity contribution in [3.8, 4) is 11.1 Å². The minimum atomic E-state index is 0.657. The quantitative estimate of drug-likeness (QED) is 0.248. The van der Waals surface area contributed by atoms with Crippen LogP contribution in [0.1, 0.15) is 127 Å². The van der Waals surface area contributed by atoms with E-state index in [0.29, 0.717) is 11.8 Å². The van der Waals surface area contributed by atoms with E-state index in [-0.39, 0.29) is 0 Å². The Morgan fingerprint density at radius 1 is 0.844 bits per heavy atom. The monoisotopic (exact) mass is 611 g/mol. The third kappa shape index (κ3) is 24.6. The molecule has 0 heteroatoms. The summed E-state index contributed by atoms with van der Waals surface area (Å²) in [5, 5.41) is 0. The highest BCUT2D eigenvalue weighted by Gasteiger charge is 2.03. The molecule has 0 aromatic heterocycles. The van der Waals surface area contributed by atoms with Gasteiger partial charge in [-0.3, -0.25) is 0 Å². The van der Waals surface area contributed by atoms with E-state index in [1.807, 2.05) is 40.7 Å². The maximum Gasteiger partial charge on any atom is -0.0184 e. The molecule has 2 atom stereocenters. The molecule has 0 nitrogen and oxygen atoms in total. The van der Waals surface area contributed by atoms with Crippen LogP contribution >= 0.6 is 0 Å². The van der Waals surface area contributed by atoms with Crippen molar-refractivity contribution in [2.45, 2.75) is 121 Å². The lowest BCUT2D eigenvalue weighted by atomic mass is 9.96. The van der Waals surface area contributed by atoms with Crippen molar-refractivity contribution in [1.29, 1.82) is 0 Å². The van der Waals surface area contributed by atoms with Gasteiger partial charge in [-0.15, -0.1) is 0 Å². The molecule has 45 heavy (non-hydrogen) atoms. The molecule has 0 saturated carbocycles. The highest BCUT2D eigenvalue weighted by Crippen LogP contribution is 2.24. The van der Waals surface area contributed by atoms with Crippen molar-refractivity contribution in [2.24, 2.45) is 5.92 Å². The Labute approximate surface area is 282 Å². The van der Waals surface area contributed by atoms with Gasteiger partial charge in [0, 0.05) is 0 Å². The van der Waals surface area contributed by atoms with Gasteiger partial charge in [0.05, 0.1) is 0 Å². The summed E-state index contributed by atoms with van der Waals surface area (Å²) in [5.41, 5.74) is 8.16. The molecule has 250 valence electrons. The second-order valence-corrected chi connectivity index (χ2v) is 10.5. The zero-order chi connectivity index (χ0) is 34.9. The SMILES string of the molecule is C/C=C\C(=C/CC)C(C)CC.C=C/C=C(/C)C=C.CC.CC.CC1=CC=CCC1.CC[C@@H](C)c1ccc(-c2ccccc2)cc1. The molecule has 0 heterocycles.